The van der Waals surface area contributed by atoms with Crippen molar-refractivity contribution in [3.8, 4) is 5.69 Å². The molecule has 9 nitrogen and oxygen atoms in total. The monoisotopic (exact) mass is 312 g/mol. The number of nitrogens with zero attached hydrogens (tertiary/aromatic N) is 3. The van der Waals surface area contributed by atoms with Gasteiger partial charge in [0.15, 0.2) is 17.3 Å². The molecule has 0 aliphatic rings. The fourth-order valence-corrected chi connectivity index (χ4v) is 1.94. The van der Waals surface area contributed by atoms with Gasteiger partial charge in [-0.05, 0) is 36.4 Å². The van der Waals surface area contributed by atoms with Crippen molar-refractivity contribution in [2.45, 2.75) is 0 Å². The van der Waals surface area contributed by atoms with Crippen molar-refractivity contribution in [1.29, 1.82) is 0 Å². The van der Waals surface area contributed by atoms with E-state index in [9.17, 15) is 9.59 Å². The lowest BCUT2D eigenvalue weighted by Gasteiger charge is -2.06. The summed E-state index contributed by atoms with van der Waals surface area (Å²) in [6.45, 7) is 0. The highest BCUT2D eigenvalue weighted by molar-refractivity contribution is 6.02. The number of nitrogen functional groups attached to an aromatic ring is 1. The first-order valence-corrected chi connectivity index (χ1v) is 6.52. The zero-order chi connectivity index (χ0) is 16.4. The van der Waals surface area contributed by atoms with Gasteiger partial charge in [-0.3, -0.25) is 9.59 Å². The molecule has 2 heterocycles. The van der Waals surface area contributed by atoms with Gasteiger partial charge in [-0.2, -0.15) is 4.68 Å². The molecule has 0 spiro atoms. The average Bonchev–Trinajstić information content (AvgIpc) is 3.17. The fraction of sp³-hybridized carbons (Fsp3) is 0. The largest absolute Gasteiger partial charge is 0.459 e. The topological polar surface area (TPSA) is 142 Å². The second kappa shape index (κ2) is 5.64. The number of benzene rings is 1. The van der Waals surface area contributed by atoms with Crippen LogP contribution < -0.4 is 16.8 Å². The molecule has 0 atom stereocenters. The summed E-state index contributed by atoms with van der Waals surface area (Å²) in [6, 6.07) is 9.82. The number of furan rings is 1. The van der Waals surface area contributed by atoms with Gasteiger partial charge in [0.1, 0.15) is 0 Å². The quantitative estimate of drug-likeness (QED) is 0.650. The number of nitrogens with two attached hydrogens (primary N) is 2. The minimum Gasteiger partial charge on any atom is -0.459 e. The lowest BCUT2D eigenvalue weighted by atomic mass is 10.2. The third-order valence-electron chi connectivity index (χ3n) is 3.05. The van der Waals surface area contributed by atoms with Crippen molar-refractivity contribution in [3.63, 3.8) is 0 Å². The first-order valence-electron chi connectivity index (χ1n) is 6.52. The standard InChI is InChI=1S/C14H12N6O3/c15-12-11(13(16)21)18-19-20(12)9-5-3-8(4-6-9)17-14(22)10-2-1-7-23-10/h1-7H,15H2,(H2,16,21)(H,17,22). The van der Waals surface area contributed by atoms with Gasteiger partial charge >= 0.3 is 0 Å². The maximum Gasteiger partial charge on any atom is 0.291 e. The second-order valence-electron chi connectivity index (χ2n) is 4.58. The summed E-state index contributed by atoms with van der Waals surface area (Å²) in [5.41, 5.74) is 11.9. The third kappa shape index (κ3) is 2.75. The molecule has 9 heteroatoms. The van der Waals surface area contributed by atoms with Crippen LogP contribution in [0.5, 0.6) is 0 Å². The molecule has 2 amide bonds. The average molecular weight is 312 g/mol. The van der Waals surface area contributed by atoms with E-state index in [1.165, 1.54) is 10.9 Å². The Morgan fingerprint density at radius 2 is 1.91 bits per heavy atom. The van der Waals surface area contributed by atoms with Crippen molar-refractivity contribution in [1.82, 2.24) is 15.0 Å². The summed E-state index contributed by atoms with van der Waals surface area (Å²) in [6.07, 6.45) is 1.42. The molecule has 23 heavy (non-hydrogen) atoms. The molecular weight excluding hydrogens is 300 g/mol. The first-order chi connectivity index (χ1) is 11.1. The Hall–Kier alpha value is -3.62. The molecule has 0 aliphatic carbocycles. The van der Waals surface area contributed by atoms with Gasteiger partial charge in [-0.1, -0.05) is 5.21 Å². The van der Waals surface area contributed by atoms with Crippen LogP contribution in [0.4, 0.5) is 11.5 Å². The number of hydrogen-bond donors (Lipinski definition) is 3. The van der Waals surface area contributed by atoms with Crippen LogP contribution in [0.1, 0.15) is 21.0 Å². The molecule has 116 valence electrons. The van der Waals surface area contributed by atoms with Crippen LogP contribution in [0, 0.1) is 0 Å². The van der Waals surface area contributed by atoms with Crippen LogP contribution in [-0.2, 0) is 0 Å². The van der Waals surface area contributed by atoms with Gasteiger partial charge in [0.05, 0.1) is 12.0 Å². The smallest absolute Gasteiger partial charge is 0.291 e. The van der Waals surface area contributed by atoms with Crippen LogP contribution in [0.2, 0.25) is 0 Å². The van der Waals surface area contributed by atoms with E-state index in [0.29, 0.717) is 11.4 Å². The molecule has 0 radical (unpaired) electrons. The highest BCUT2D eigenvalue weighted by Crippen LogP contribution is 2.18. The van der Waals surface area contributed by atoms with Gasteiger partial charge in [0.25, 0.3) is 11.8 Å². The Morgan fingerprint density at radius 1 is 1.17 bits per heavy atom. The van der Waals surface area contributed by atoms with E-state index >= 15 is 0 Å². The Labute approximate surface area is 129 Å². The van der Waals surface area contributed by atoms with Crippen LogP contribution in [0.3, 0.4) is 0 Å². The lowest BCUT2D eigenvalue weighted by molar-refractivity contribution is 0.0988. The van der Waals surface area contributed by atoms with Crippen molar-refractivity contribution in [2.24, 2.45) is 5.73 Å². The zero-order valence-electron chi connectivity index (χ0n) is 11.8. The number of hydrogen-bond acceptors (Lipinski definition) is 6. The number of amides is 2. The van der Waals surface area contributed by atoms with Gasteiger partial charge in [0, 0.05) is 5.69 Å². The van der Waals surface area contributed by atoms with E-state index in [1.54, 1.807) is 36.4 Å². The van der Waals surface area contributed by atoms with Crippen LogP contribution in [0.15, 0.2) is 47.1 Å². The van der Waals surface area contributed by atoms with Gasteiger partial charge in [-0.15, -0.1) is 5.10 Å². The fourth-order valence-electron chi connectivity index (χ4n) is 1.94. The normalized spacial score (nSPS) is 10.4. The third-order valence-corrected chi connectivity index (χ3v) is 3.05. The van der Waals surface area contributed by atoms with E-state index in [2.05, 4.69) is 15.6 Å². The maximum absolute atomic E-state index is 11.9. The van der Waals surface area contributed by atoms with E-state index < -0.39 is 5.91 Å². The summed E-state index contributed by atoms with van der Waals surface area (Å²) >= 11 is 0. The van der Waals surface area contributed by atoms with E-state index in [4.69, 9.17) is 15.9 Å². The molecule has 3 aromatic rings. The van der Waals surface area contributed by atoms with Gasteiger partial charge in [0.2, 0.25) is 0 Å². The highest BCUT2D eigenvalue weighted by Gasteiger charge is 2.15. The second-order valence-corrected chi connectivity index (χ2v) is 4.58. The van der Waals surface area contributed by atoms with E-state index in [0.717, 1.165) is 0 Å². The number of anilines is 2. The van der Waals surface area contributed by atoms with Crippen molar-refractivity contribution in [3.05, 3.63) is 54.1 Å². The maximum atomic E-state index is 11.9. The molecule has 0 unspecified atom stereocenters. The summed E-state index contributed by atoms with van der Waals surface area (Å²) in [5, 5.41) is 10.1. The molecule has 0 saturated carbocycles. The number of carbonyl (C=O) groups is 2. The number of primary amides is 1. The van der Waals surface area contributed by atoms with Crippen LogP contribution in [-0.4, -0.2) is 26.8 Å². The van der Waals surface area contributed by atoms with Crippen molar-refractivity contribution in [2.75, 3.05) is 11.1 Å². The molecule has 5 N–H and O–H groups in total. The summed E-state index contributed by atoms with van der Waals surface area (Å²) in [7, 11) is 0. The molecule has 3 rings (SSSR count). The minimum atomic E-state index is -0.754. The Balaban J connectivity index is 1.80. The summed E-state index contributed by atoms with van der Waals surface area (Å²) in [5.74, 6) is -0.860. The molecular formula is C14H12N6O3. The lowest BCUT2D eigenvalue weighted by Crippen LogP contribution is -2.14. The molecule has 0 bridgehead atoms. The zero-order valence-corrected chi connectivity index (χ0v) is 11.8. The number of aromatic nitrogens is 3. The SMILES string of the molecule is NC(=O)c1nnn(-c2ccc(NC(=O)c3ccco3)cc2)c1N. The van der Waals surface area contributed by atoms with Crippen LogP contribution in [0.25, 0.3) is 5.69 Å². The predicted molar refractivity (Wildman–Crippen MR) is 81.0 cm³/mol. The Bertz CT molecular complexity index is 851. The first kappa shape index (κ1) is 14.3. The summed E-state index contributed by atoms with van der Waals surface area (Å²) < 4.78 is 6.28. The minimum absolute atomic E-state index is 0.0462. The van der Waals surface area contributed by atoms with Crippen LogP contribution >= 0.6 is 0 Å². The van der Waals surface area contributed by atoms with Gasteiger partial charge in [-0.25, -0.2) is 0 Å². The molecule has 0 aliphatic heterocycles. The summed E-state index contributed by atoms with van der Waals surface area (Å²) in [4.78, 5) is 23.0. The van der Waals surface area contributed by atoms with Gasteiger partial charge < -0.3 is 21.2 Å². The molecule has 0 saturated heterocycles. The Kier molecular flexibility index (Phi) is 3.51. The highest BCUT2D eigenvalue weighted by atomic mass is 16.3. The molecule has 0 fully saturated rings. The number of nitrogens with one attached hydrogen (secondary N) is 1. The van der Waals surface area contributed by atoms with Crippen molar-refractivity contribution < 1.29 is 14.0 Å². The Morgan fingerprint density at radius 3 is 2.48 bits per heavy atom. The predicted octanol–water partition coefficient (Wildman–Crippen LogP) is 0.794. The van der Waals surface area contributed by atoms with E-state index in [1.807, 2.05) is 0 Å². The number of carbonyl (C=O) groups excluding carboxylic acids is 2. The van der Waals surface area contributed by atoms with E-state index in [-0.39, 0.29) is 23.2 Å². The van der Waals surface area contributed by atoms with Crippen molar-refractivity contribution >= 4 is 23.3 Å². The molecule has 1 aromatic carbocycles. The number of rotatable bonds is 4. The molecule has 2 aromatic heterocycles.